The summed E-state index contributed by atoms with van der Waals surface area (Å²) in [5.41, 5.74) is -0.0458. The molecule has 1 aliphatic heterocycles. The van der Waals surface area contributed by atoms with E-state index in [2.05, 4.69) is 10.3 Å². The summed E-state index contributed by atoms with van der Waals surface area (Å²) in [6.45, 7) is -0.0280. The number of alkyl carbamates (subject to hydrolysis) is 1. The van der Waals surface area contributed by atoms with E-state index in [0.717, 1.165) is 5.56 Å². The van der Waals surface area contributed by atoms with Gasteiger partial charge in [-0.2, -0.15) is 0 Å². The van der Waals surface area contributed by atoms with Gasteiger partial charge in [0.1, 0.15) is 12.3 Å². The lowest BCUT2D eigenvalue weighted by molar-refractivity contribution is -0.133. The van der Waals surface area contributed by atoms with E-state index < -0.39 is 23.7 Å². The van der Waals surface area contributed by atoms with Gasteiger partial charge >= 0.3 is 12.1 Å². The van der Waals surface area contributed by atoms with Crippen molar-refractivity contribution < 1.29 is 24.2 Å². The average molecular weight is 350 g/mol. The topological polar surface area (TPSA) is 105 Å². The van der Waals surface area contributed by atoms with Crippen molar-refractivity contribution in [3.63, 3.8) is 0 Å². The number of nitrogens with zero attached hydrogens (tertiary/aromatic N) is 1. The number of aliphatic carboxylic acids is 1. The largest absolute Gasteiger partial charge is 0.477 e. The average Bonchev–Trinajstić information content (AvgIpc) is 2.65. The summed E-state index contributed by atoms with van der Waals surface area (Å²) < 4.78 is 5.00. The molecule has 0 aliphatic carbocycles. The maximum atomic E-state index is 12.2. The van der Waals surface area contributed by atoms with Gasteiger partial charge in [0, 0.05) is 5.22 Å². The first-order valence-electron chi connectivity index (χ1n) is 7.69. The normalized spacial score (nSPS) is 14.4. The molecular weight excluding hydrogens is 336 g/mol. The Balaban J connectivity index is 1.84. The van der Waals surface area contributed by atoms with E-state index in [1.165, 1.54) is 6.08 Å². The Morgan fingerprint density at radius 1 is 1.04 bits per heavy atom. The number of nitrogens with one attached hydrogen (secondary N) is 1. The quantitative estimate of drug-likeness (QED) is 0.797. The van der Waals surface area contributed by atoms with Crippen LogP contribution in [-0.2, 0) is 20.9 Å². The van der Waals surface area contributed by atoms with E-state index in [4.69, 9.17) is 4.74 Å². The molecule has 130 valence electrons. The third kappa shape index (κ3) is 3.84. The van der Waals surface area contributed by atoms with Gasteiger partial charge in [0.15, 0.2) is 0 Å². The van der Waals surface area contributed by atoms with Crippen LogP contribution in [0.1, 0.15) is 5.56 Å². The maximum Gasteiger partial charge on any atom is 0.412 e. The van der Waals surface area contributed by atoms with E-state index in [1.807, 2.05) is 6.07 Å². The Morgan fingerprint density at radius 2 is 1.73 bits per heavy atom. The van der Waals surface area contributed by atoms with Gasteiger partial charge in [-0.3, -0.25) is 10.1 Å². The molecule has 1 heterocycles. The summed E-state index contributed by atoms with van der Waals surface area (Å²) in [7, 11) is 0. The molecule has 3 rings (SSSR count). The summed E-state index contributed by atoms with van der Waals surface area (Å²) in [6, 6.07) is 15.7. The molecule has 0 radical (unpaired) electrons. The monoisotopic (exact) mass is 350 g/mol. The minimum absolute atomic E-state index is 0.0280. The number of hydrogen-bond donors (Lipinski definition) is 2. The molecule has 7 heteroatoms. The fourth-order valence-electron chi connectivity index (χ4n) is 2.37. The lowest BCUT2D eigenvalue weighted by atomic mass is 10.1. The van der Waals surface area contributed by atoms with Gasteiger partial charge < -0.3 is 9.84 Å². The van der Waals surface area contributed by atoms with Crippen LogP contribution in [0.25, 0.3) is 6.08 Å². The van der Waals surface area contributed by atoms with Crippen LogP contribution in [0.4, 0.5) is 4.79 Å². The highest BCUT2D eigenvalue weighted by molar-refractivity contribution is 6.10. The van der Waals surface area contributed by atoms with Crippen LogP contribution in [-0.4, -0.2) is 23.1 Å². The molecule has 0 aromatic heterocycles. The second-order valence-corrected chi connectivity index (χ2v) is 5.40. The summed E-state index contributed by atoms with van der Waals surface area (Å²) >= 11 is 0. The number of ether oxygens (including phenoxy) is 1. The van der Waals surface area contributed by atoms with Crippen molar-refractivity contribution in [3.8, 4) is 0 Å². The van der Waals surface area contributed by atoms with Crippen LogP contribution < -0.4 is 15.9 Å². The summed E-state index contributed by atoms with van der Waals surface area (Å²) in [6.07, 6.45) is 0.407. The number of carboxylic acid groups (broad SMARTS) is 1. The molecular formula is C19H14N2O5. The molecule has 0 saturated heterocycles. The summed E-state index contributed by atoms with van der Waals surface area (Å²) in [5.74, 6) is -2.21. The second-order valence-electron chi connectivity index (χ2n) is 5.40. The third-order valence-corrected chi connectivity index (χ3v) is 3.61. The molecule has 2 amide bonds. The highest BCUT2D eigenvalue weighted by Crippen LogP contribution is 2.09. The number of carboxylic acids is 1. The van der Waals surface area contributed by atoms with Gasteiger partial charge in [-0.1, -0.05) is 48.5 Å². The molecule has 2 aromatic carbocycles. The summed E-state index contributed by atoms with van der Waals surface area (Å²) in [4.78, 5) is 39.5. The Kier molecular flexibility index (Phi) is 4.89. The number of benzene rings is 2. The Morgan fingerprint density at radius 3 is 2.46 bits per heavy atom. The molecule has 2 aromatic rings. The first-order chi connectivity index (χ1) is 12.5. The molecule has 0 unspecified atom stereocenters. The van der Waals surface area contributed by atoms with Crippen molar-refractivity contribution >= 4 is 24.0 Å². The molecule has 0 bridgehead atoms. The van der Waals surface area contributed by atoms with Gasteiger partial charge in [0.05, 0.1) is 10.9 Å². The zero-order chi connectivity index (χ0) is 18.5. The number of carbonyl (C=O) groups excluding carboxylic acids is 2. The van der Waals surface area contributed by atoms with Crippen molar-refractivity contribution in [1.82, 2.24) is 5.32 Å². The van der Waals surface area contributed by atoms with E-state index in [0.29, 0.717) is 10.6 Å². The van der Waals surface area contributed by atoms with Gasteiger partial charge in [-0.15, -0.1) is 0 Å². The number of rotatable bonds is 4. The van der Waals surface area contributed by atoms with Gasteiger partial charge in [0.25, 0.3) is 5.91 Å². The Hall–Kier alpha value is -3.74. The predicted octanol–water partition coefficient (Wildman–Crippen LogP) is 0.892. The van der Waals surface area contributed by atoms with Crippen molar-refractivity contribution in [3.05, 3.63) is 82.0 Å². The van der Waals surface area contributed by atoms with Crippen LogP contribution in [0.5, 0.6) is 0 Å². The van der Waals surface area contributed by atoms with Gasteiger partial charge in [-0.05, 0) is 17.7 Å². The minimum atomic E-state index is -1.46. The van der Waals surface area contributed by atoms with Crippen molar-refractivity contribution in [1.29, 1.82) is 0 Å². The van der Waals surface area contributed by atoms with E-state index >= 15 is 0 Å². The lowest BCUT2D eigenvalue weighted by Gasteiger charge is -2.11. The SMILES string of the molecule is O=C(NC(C(=O)O)=C1C=c2ccccc2=NC1=O)OCc1ccccc1. The van der Waals surface area contributed by atoms with Crippen LogP contribution >= 0.6 is 0 Å². The number of para-hydroxylation sites is 1. The fourth-order valence-corrected chi connectivity index (χ4v) is 2.37. The smallest absolute Gasteiger partial charge is 0.412 e. The van der Waals surface area contributed by atoms with Gasteiger partial charge in [0.2, 0.25) is 0 Å². The first-order valence-corrected chi connectivity index (χ1v) is 7.69. The van der Waals surface area contributed by atoms with Crippen LogP contribution in [0.2, 0.25) is 0 Å². The molecule has 2 N–H and O–H groups in total. The van der Waals surface area contributed by atoms with Crippen molar-refractivity contribution in [2.24, 2.45) is 4.99 Å². The maximum absolute atomic E-state index is 12.2. The van der Waals surface area contributed by atoms with E-state index in [-0.39, 0.29) is 12.2 Å². The summed E-state index contributed by atoms with van der Waals surface area (Å²) in [5, 5.41) is 12.5. The number of amides is 2. The molecule has 26 heavy (non-hydrogen) atoms. The zero-order valence-electron chi connectivity index (χ0n) is 13.5. The number of fused-ring (bicyclic) bond motifs is 1. The molecule has 1 aliphatic rings. The lowest BCUT2D eigenvalue weighted by Crippen LogP contribution is -2.35. The highest BCUT2D eigenvalue weighted by Gasteiger charge is 2.23. The minimum Gasteiger partial charge on any atom is -0.477 e. The third-order valence-electron chi connectivity index (χ3n) is 3.61. The van der Waals surface area contributed by atoms with Gasteiger partial charge in [-0.25, -0.2) is 14.6 Å². The number of carbonyl (C=O) groups is 3. The Labute approximate surface area is 147 Å². The van der Waals surface area contributed by atoms with Crippen LogP contribution in [0, 0.1) is 0 Å². The standard InChI is InChI=1S/C19H14N2O5/c22-17-14(10-13-8-4-5-9-15(13)20-17)16(18(23)24)21-19(25)26-11-12-6-2-1-3-7-12/h1-10H,11H2,(H,21,25)(H,23,24). The molecule has 0 saturated carbocycles. The fraction of sp³-hybridized carbons (Fsp3) is 0.0526. The molecule has 0 spiro atoms. The molecule has 7 nitrogen and oxygen atoms in total. The van der Waals surface area contributed by atoms with Crippen molar-refractivity contribution in [2.45, 2.75) is 6.61 Å². The van der Waals surface area contributed by atoms with Crippen LogP contribution in [0.15, 0.2) is 70.9 Å². The number of hydrogen-bond acceptors (Lipinski definition) is 4. The van der Waals surface area contributed by atoms with Crippen LogP contribution in [0.3, 0.4) is 0 Å². The predicted molar refractivity (Wildman–Crippen MR) is 91.1 cm³/mol. The van der Waals surface area contributed by atoms with E-state index in [1.54, 1.807) is 48.5 Å². The van der Waals surface area contributed by atoms with E-state index in [9.17, 15) is 19.5 Å². The second kappa shape index (κ2) is 7.43. The zero-order valence-corrected chi connectivity index (χ0v) is 13.5. The first kappa shape index (κ1) is 17.1. The Bertz CT molecular complexity index is 1030. The molecule has 0 atom stereocenters. The van der Waals surface area contributed by atoms with Crippen molar-refractivity contribution in [2.75, 3.05) is 0 Å². The molecule has 0 fully saturated rings. The highest BCUT2D eigenvalue weighted by atomic mass is 16.5.